The van der Waals surface area contributed by atoms with Crippen molar-refractivity contribution in [3.63, 3.8) is 0 Å². The highest BCUT2D eigenvalue weighted by molar-refractivity contribution is 6.29. The molecule has 0 N–H and O–H groups in total. The maximum Gasteiger partial charge on any atom is 0.189 e. The molecule has 2 nitrogen and oxygen atoms in total. The fraction of sp³-hybridized carbons (Fsp3) is 0.114. The van der Waals surface area contributed by atoms with Crippen LogP contribution in [0.3, 0.4) is 0 Å². The quantitative estimate of drug-likeness (QED) is 0.292. The second kappa shape index (κ2) is 8.90. The summed E-state index contributed by atoms with van der Waals surface area (Å²) >= 11 is 0. The van der Waals surface area contributed by atoms with E-state index < -0.39 is 0 Å². The van der Waals surface area contributed by atoms with Gasteiger partial charge in [0.2, 0.25) is 0 Å². The van der Waals surface area contributed by atoms with E-state index in [1.807, 2.05) is 25.1 Å². The zero-order chi connectivity index (χ0) is 25.7. The van der Waals surface area contributed by atoms with E-state index in [9.17, 15) is 4.79 Å². The molecular formula is C35H28O2. The Morgan fingerprint density at radius 3 is 1.49 bits per heavy atom. The Bertz CT molecular complexity index is 1650. The molecule has 0 fully saturated rings. The van der Waals surface area contributed by atoms with Crippen LogP contribution < -0.4 is 4.74 Å². The number of rotatable bonds is 4. The van der Waals surface area contributed by atoms with Crippen LogP contribution in [0.25, 0.3) is 45.0 Å². The van der Waals surface area contributed by atoms with E-state index in [1.54, 1.807) is 7.11 Å². The number of hydrogen-bond donors (Lipinski definition) is 0. The first-order valence-electron chi connectivity index (χ1n) is 12.6. The van der Waals surface area contributed by atoms with Gasteiger partial charge in [0.05, 0.1) is 7.11 Å². The number of allylic oxidation sites excluding steroid dienone is 5. The van der Waals surface area contributed by atoms with E-state index >= 15 is 0 Å². The predicted molar refractivity (Wildman–Crippen MR) is 153 cm³/mol. The van der Waals surface area contributed by atoms with Crippen molar-refractivity contribution >= 4 is 17.4 Å². The normalized spacial score (nSPS) is 14.5. The minimum Gasteiger partial charge on any atom is -0.495 e. The van der Waals surface area contributed by atoms with Crippen LogP contribution in [0.4, 0.5) is 0 Å². The third-order valence-corrected chi connectivity index (χ3v) is 7.78. The highest BCUT2D eigenvalue weighted by Gasteiger charge is 2.38. The van der Waals surface area contributed by atoms with Gasteiger partial charge in [-0.3, -0.25) is 4.79 Å². The summed E-state index contributed by atoms with van der Waals surface area (Å²) in [4.78, 5) is 13.6. The van der Waals surface area contributed by atoms with Crippen molar-refractivity contribution in [2.45, 2.75) is 20.8 Å². The molecule has 2 aliphatic rings. The molecule has 37 heavy (non-hydrogen) atoms. The topological polar surface area (TPSA) is 26.3 Å². The van der Waals surface area contributed by atoms with Crippen LogP contribution in [-0.2, 0) is 4.79 Å². The second-order valence-corrected chi connectivity index (χ2v) is 9.68. The molecule has 0 radical (unpaired) electrons. The van der Waals surface area contributed by atoms with E-state index in [-0.39, 0.29) is 5.78 Å². The largest absolute Gasteiger partial charge is 0.495 e. The summed E-state index contributed by atoms with van der Waals surface area (Å²) in [5.41, 5.74) is 13.4. The molecule has 0 saturated carbocycles. The summed E-state index contributed by atoms with van der Waals surface area (Å²) in [5, 5.41) is 0. The van der Waals surface area contributed by atoms with Gasteiger partial charge in [0.15, 0.2) is 5.78 Å². The van der Waals surface area contributed by atoms with Crippen molar-refractivity contribution in [1.29, 1.82) is 0 Å². The first kappa shape index (κ1) is 23.0. The molecule has 0 saturated heterocycles. The van der Waals surface area contributed by atoms with Crippen LogP contribution in [0.1, 0.15) is 31.9 Å². The summed E-state index contributed by atoms with van der Waals surface area (Å²) in [6, 6.07) is 31.3. The molecule has 6 rings (SSSR count). The predicted octanol–water partition coefficient (Wildman–Crippen LogP) is 8.79. The van der Waals surface area contributed by atoms with E-state index in [4.69, 9.17) is 4.74 Å². The lowest BCUT2D eigenvalue weighted by molar-refractivity contribution is -0.111. The first-order valence-corrected chi connectivity index (χ1v) is 12.6. The van der Waals surface area contributed by atoms with Gasteiger partial charge in [-0.2, -0.15) is 0 Å². The SMILES string of the molecule is COc1c(-c2ccccc2)c2c(c(-c3ccccc3)c1-c1ccccc1)C=C1C(=O)C(C)=C(C)C(C)=C12. The number of benzene rings is 4. The zero-order valence-electron chi connectivity index (χ0n) is 21.6. The van der Waals surface area contributed by atoms with Crippen molar-refractivity contribution < 1.29 is 9.53 Å². The van der Waals surface area contributed by atoms with Gasteiger partial charge < -0.3 is 4.74 Å². The van der Waals surface area contributed by atoms with Crippen LogP contribution in [0.15, 0.2) is 113 Å². The minimum absolute atomic E-state index is 0.104. The Kier molecular flexibility index (Phi) is 5.53. The van der Waals surface area contributed by atoms with E-state index in [2.05, 4.69) is 92.7 Å². The number of Topliss-reactive ketones (excluding diaryl/α,β-unsaturated/α-hetero) is 1. The lowest BCUT2D eigenvalue weighted by Gasteiger charge is -2.26. The summed E-state index contributed by atoms with van der Waals surface area (Å²) in [5.74, 6) is 0.925. The average molecular weight is 481 g/mol. The molecule has 0 atom stereocenters. The molecular weight excluding hydrogens is 452 g/mol. The second-order valence-electron chi connectivity index (χ2n) is 9.68. The number of hydrogen-bond acceptors (Lipinski definition) is 2. The van der Waals surface area contributed by atoms with Crippen molar-refractivity contribution in [2.75, 3.05) is 7.11 Å². The Balaban J connectivity index is 1.86. The minimum atomic E-state index is 0.104. The Morgan fingerprint density at radius 2 is 1.00 bits per heavy atom. The number of fused-ring (bicyclic) bond motifs is 3. The van der Waals surface area contributed by atoms with Gasteiger partial charge in [-0.15, -0.1) is 0 Å². The molecule has 180 valence electrons. The molecule has 0 spiro atoms. The summed E-state index contributed by atoms with van der Waals surface area (Å²) in [6.45, 7) is 6.13. The molecule has 0 aromatic heterocycles. The van der Waals surface area contributed by atoms with Crippen LogP contribution >= 0.6 is 0 Å². The summed E-state index contributed by atoms with van der Waals surface area (Å²) in [6.07, 6.45) is 2.12. The summed E-state index contributed by atoms with van der Waals surface area (Å²) < 4.78 is 6.32. The number of methoxy groups -OCH3 is 1. The average Bonchev–Trinajstić information content (AvgIpc) is 3.35. The first-order chi connectivity index (χ1) is 18.0. The van der Waals surface area contributed by atoms with Crippen molar-refractivity contribution in [1.82, 2.24) is 0 Å². The maximum atomic E-state index is 13.6. The number of carbonyl (C=O) groups is 1. The maximum absolute atomic E-state index is 13.6. The number of ether oxygens (including phenoxy) is 1. The Hall–Kier alpha value is -4.43. The van der Waals surface area contributed by atoms with Crippen LogP contribution in [0, 0.1) is 0 Å². The Labute approximate surface area is 218 Å². The molecule has 0 heterocycles. The highest BCUT2D eigenvalue weighted by Crippen LogP contribution is 2.57. The van der Waals surface area contributed by atoms with E-state index in [1.165, 1.54) is 0 Å². The third-order valence-electron chi connectivity index (χ3n) is 7.78. The molecule has 4 aromatic rings. The standard InChI is InChI=1S/C35H28O2/c1-21-22(2)29-28(34(36)23(21)3)20-27-30(24-14-8-5-9-15-24)31(25-16-10-6-11-17-25)35(37-4)32(33(27)29)26-18-12-7-13-19-26/h5-20H,1-4H3. The highest BCUT2D eigenvalue weighted by atomic mass is 16.5. The third kappa shape index (κ3) is 3.44. The van der Waals surface area contributed by atoms with Gasteiger partial charge in [-0.25, -0.2) is 0 Å². The van der Waals surface area contributed by atoms with Crippen molar-refractivity contribution in [2.24, 2.45) is 0 Å². The molecule has 0 amide bonds. The number of carbonyl (C=O) groups excluding carboxylic acids is 1. The van der Waals surface area contributed by atoms with Gasteiger partial charge in [0, 0.05) is 33.4 Å². The van der Waals surface area contributed by atoms with Gasteiger partial charge in [-0.05, 0) is 65.8 Å². The zero-order valence-corrected chi connectivity index (χ0v) is 21.6. The summed E-state index contributed by atoms with van der Waals surface area (Å²) in [7, 11) is 1.75. The number of ketones is 1. The van der Waals surface area contributed by atoms with Crippen molar-refractivity contribution in [3.05, 3.63) is 124 Å². The van der Waals surface area contributed by atoms with Gasteiger partial charge >= 0.3 is 0 Å². The van der Waals surface area contributed by atoms with Gasteiger partial charge in [0.25, 0.3) is 0 Å². The van der Waals surface area contributed by atoms with Gasteiger partial charge in [0.1, 0.15) is 5.75 Å². The molecule has 0 unspecified atom stereocenters. The van der Waals surface area contributed by atoms with Crippen LogP contribution in [-0.4, -0.2) is 12.9 Å². The van der Waals surface area contributed by atoms with Crippen LogP contribution in [0.5, 0.6) is 5.75 Å². The monoisotopic (exact) mass is 480 g/mol. The molecule has 0 bridgehead atoms. The smallest absolute Gasteiger partial charge is 0.189 e. The fourth-order valence-corrected chi connectivity index (χ4v) is 5.78. The van der Waals surface area contributed by atoms with Crippen LogP contribution in [0.2, 0.25) is 0 Å². The lowest BCUT2D eigenvalue weighted by atomic mass is 9.78. The molecule has 0 aliphatic heterocycles. The lowest BCUT2D eigenvalue weighted by Crippen LogP contribution is -2.13. The molecule has 2 heteroatoms. The van der Waals surface area contributed by atoms with Gasteiger partial charge in [-0.1, -0.05) is 91.0 Å². The van der Waals surface area contributed by atoms with Crippen molar-refractivity contribution in [3.8, 4) is 39.1 Å². The van der Waals surface area contributed by atoms with E-state index in [0.717, 1.165) is 78.1 Å². The molecule has 4 aromatic carbocycles. The Morgan fingerprint density at radius 1 is 0.541 bits per heavy atom. The fourth-order valence-electron chi connectivity index (χ4n) is 5.78. The van der Waals surface area contributed by atoms with E-state index in [0.29, 0.717) is 0 Å². The molecule has 2 aliphatic carbocycles.